The summed E-state index contributed by atoms with van der Waals surface area (Å²) in [6.45, 7) is 13.8. The maximum Gasteiger partial charge on any atom is 0.411 e. The van der Waals surface area contributed by atoms with Gasteiger partial charge in [0.15, 0.2) is 0 Å². The number of amides is 1. The number of likely N-dealkylation sites (tertiary alicyclic amines) is 1. The molecule has 9 heteroatoms. The molecule has 40 heavy (non-hydrogen) atoms. The van der Waals surface area contributed by atoms with Gasteiger partial charge in [0.2, 0.25) is 0 Å². The Morgan fingerprint density at radius 1 is 0.925 bits per heavy atom. The number of nitrogens with zero attached hydrogens (tertiary/aromatic N) is 1. The maximum absolute atomic E-state index is 12.7. The van der Waals surface area contributed by atoms with Gasteiger partial charge in [0.25, 0.3) is 0 Å². The van der Waals surface area contributed by atoms with Crippen molar-refractivity contribution in [3.8, 4) is 0 Å². The van der Waals surface area contributed by atoms with Crippen molar-refractivity contribution < 1.29 is 19.7 Å². The molecule has 0 aliphatic carbocycles. The lowest BCUT2D eigenvalue weighted by Gasteiger charge is -2.38. The number of hydrogen-bond donors (Lipinski definition) is 3. The number of hydrogen-bond acceptors (Lipinski definition) is 5. The van der Waals surface area contributed by atoms with Gasteiger partial charge in [-0.1, -0.05) is 59.6 Å². The molecular formula is C31H45Cl3N2O4. The Balaban J connectivity index is 0.000000290. The fourth-order valence-corrected chi connectivity index (χ4v) is 5.94. The van der Waals surface area contributed by atoms with E-state index in [9.17, 15) is 15.0 Å². The molecule has 0 saturated carbocycles. The average molecular weight is 616 g/mol. The van der Waals surface area contributed by atoms with Gasteiger partial charge in [-0.15, -0.1) is 12.4 Å². The third-order valence-corrected chi connectivity index (χ3v) is 8.16. The summed E-state index contributed by atoms with van der Waals surface area (Å²) in [7, 11) is 0. The minimum atomic E-state index is -0.835. The first kappa shape index (κ1) is 34.7. The molecule has 2 aliphatic heterocycles. The van der Waals surface area contributed by atoms with Crippen LogP contribution in [-0.2, 0) is 4.74 Å². The predicted molar refractivity (Wildman–Crippen MR) is 165 cm³/mol. The zero-order chi connectivity index (χ0) is 29.2. The molecule has 1 amide bonds. The van der Waals surface area contributed by atoms with Gasteiger partial charge in [-0.25, -0.2) is 4.79 Å². The second kappa shape index (κ2) is 13.6. The van der Waals surface area contributed by atoms with Crippen LogP contribution in [-0.4, -0.2) is 50.0 Å². The van der Waals surface area contributed by atoms with Gasteiger partial charge in [-0.2, -0.15) is 0 Å². The molecule has 224 valence electrons. The normalized spacial score (nSPS) is 22.9. The molecule has 2 aromatic carbocycles. The minimum absolute atomic E-state index is 0. The molecule has 2 heterocycles. The summed E-state index contributed by atoms with van der Waals surface area (Å²) < 4.78 is 5.55. The molecule has 4 rings (SSSR count). The molecule has 2 saturated heterocycles. The van der Waals surface area contributed by atoms with Crippen molar-refractivity contribution in [2.45, 2.75) is 115 Å². The molecule has 0 radical (unpaired) electrons. The topological polar surface area (TPSA) is 82.0 Å². The molecule has 4 atom stereocenters. The van der Waals surface area contributed by atoms with E-state index in [2.05, 4.69) is 19.2 Å². The number of carbonyl (C=O) groups is 1. The first-order valence-corrected chi connectivity index (χ1v) is 14.4. The second-order valence-electron chi connectivity index (χ2n) is 12.9. The van der Waals surface area contributed by atoms with E-state index in [1.54, 1.807) is 17.0 Å². The lowest BCUT2D eigenvalue weighted by Crippen LogP contribution is -2.50. The zero-order valence-electron chi connectivity index (χ0n) is 24.6. The Kier molecular flexibility index (Phi) is 11.8. The number of carbonyl (C=O) groups excluding carboxylic acids is 1. The first-order valence-electron chi connectivity index (χ1n) is 13.7. The van der Waals surface area contributed by atoms with Crippen LogP contribution in [0.3, 0.4) is 0 Å². The Hall–Kier alpha value is -1.54. The van der Waals surface area contributed by atoms with Gasteiger partial charge >= 0.3 is 6.09 Å². The van der Waals surface area contributed by atoms with E-state index in [1.807, 2.05) is 71.0 Å². The summed E-state index contributed by atoms with van der Waals surface area (Å²) >= 11 is 12.3. The van der Waals surface area contributed by atoms with Gasteiger partial charge in [0, 0.05) is 38.3 Å². The molecule has 0 aromatic heterocycles. The zero-order valence-corrected chi connectivity index (χ0v) is 26.9. The van der Waals surface area contributed by atoms with Crippen LogP contribution >= 0.6 is 35.6 Å². The fraction of sp³-hybridized carbons (Fsp3) is 0.581. The predicted octanol–water partition coefficient (Wildman–Crippen LogP) is 7.88. The van der Waals surface area contributed by atoms with Gasteiger partial charge in [-0.3, -0.25) is 4.90 Å². The number of rotatable bonds is 4. The van der Waals surface area contributed by atoms with Crippen LogP contribution in [0.4, 0.5) is 4.79 Å². The molecule has 0 bridgehead atoms. The van der Waals surface area contributed by atoms with E-state index in [1.165, 1.54) is 0 Å². The van der Waals surface area contributed by atoms with E-state index >= 15 is 0 Å². The van der Waals surface area contributed by atoms with Gasteiger partial charge in [0.05, 0.1) is 12.1 Å². The van der Waals surface area contributed by atoms with Crippen LogP contribution in [0.2, 0.25) is 10.0 Å². The van der Waals surface area contributed by atoms with Crippen molar-refractivity contribution >= 4 is 41.7 Å². The van der Waals surface area contributed by atoms with Crippen LogP contribution in [0.25, 0.3) is 0 Å². The van der Waals surface area contributed by atoms with E-state index < -0.39 is 23.9 Å². The summed E-state index contributed by atoms with van der Waals surface area (Å²) in [5.74, 6) is 0. The van der Waals surface area contributed by atoms with Crippen molar-refractivity contribution in [2.75, 3.05) is 0 Å². The first-order chi connectivity index (χ1) is 18.0. The van der Waals surface area contributed by atoms with Crippen molar-refractivity contribution in [1.29, 1.82) is 0 Å². The quantitative estimate of drug-likeness (QED) is 0.326. The molecule has 0 unspecified atom stereocenters. The molecular weight excluding hydrogens is 571 g/mol. The van der Waals surface area contributed by atoms with Gasteiger partial charge in [-0.05, 0) is 86.3 Å². The van der Waals surface area contributed by atoms with E-state index in [4.69, 9.17) is 27.9 Å². The smallest absolute Gasteiger partial charge is 0.411 e. The molecule has 6 nitrogen and oxygen atoms in total. The molecule has 0 spiro atoms. The van der Waals surface area contributed by atoms with Gasteiger partial charge in [0.1, 0.15) is 11.7 Å². The summed E-state index contributed by atoms with van der Waals surface area (Å²) in [5.41, 5.74) is 0.641. The maximum atomic E-state index is 12.7. The van der Waals surface area contributed by atoms with Crippen molar-refractivity contribution in [1.82, 2.24) is 10.2 Å². The third kappa shape index (κ3) is 8.73. The second-order valence-corrected chi connectivity index (χ2v) is 13.7. The number of benzene rings is 2. The summed E-state index contributed by atoms with van der Waals surface area (Å²) in [6, 6.07) is 14.5. The third-order valence-electron chi connectivity index (χ3n) is 7.48. The lowest BCUT2D eigenvalue weighted by molar-refractivity contribution is -0.0166. The molecule has 3 N–H and O–H groups in total. The highest BCUT2D eigenvalue weighted by atomic mass is 35.5. The van der Waals surface area contributed by atoms with Crippen LogP contribution in [0.15, 0.2) is 48.5 Å². The number of ether oxygens (including phenoxy) is 1. The van der Waals surface area contributed by atoms with Crippen LogP contribution in [0.1, 0.15) is 97.5 Å². The Morgan fingerprint density at radius 2 is 1.43 bits per heavy atom. The number of aliphatic hydroxyl groups excluding tert-OH is 2. The number of halogens is 3. The number of aliphatic hydroxyl groups is 2. The molecule has 2 aliphatic rings. The highest BCUT2D eigenvalue weighted by molar-refractivity contribution is 6.31. The van der Waals surface area contributed by atoms with E-state index in [0.717, 1.165) is 24.8 Å². The standard InChI is InChI=1S/C18H26ClNO3.C13H18ClNO.ClH/c1-17(2,3)23-16(22)20-14(10-11-18(20,4)5)15(21)12-8-6-7-9-13(12)19;1-13(2)8-7-11(15-13)12(16)9-5-3-4-6-10(9)14;/h6-9,14-15,21H,10-11H2,1-5H3;3-6,11-12,15-16H,7-8H2,1-2H3;1H/t14-,15-;11-,12-;/m11./s1. The number of nitrogens with one attached hydrogen (secondary N) is 1. The summed E-state index contributed by atoms with van der Waals surface area (Å²) in [5, 5.41) is 25.7. The van der Waals surface area contributed by atoms with Gasteiger partial charge < -0.3 is 20.3 Å². The van der Waals surface area contributed by atoms with E-state index in [-0.39, 0.29) is 35.6 Å². The Morgan fingerprint density at radius 3 is 1.88 bits per heavy atom. The molecule has 2 fully saturated rings. The largest absolute Gasteiger partial charge is 0.444 e. The lowest BCUT2D eigenvalue weighted by atomic mass is 10.00. The minimum Gasteiger partial charge on any atom is -0.444 e. The van der Waals surface area contributed by atoms with Crippen molar-refractivity contribution in [3.63, 3.8) is 0 Å². The average Bonchev–Trinajstić information content (AvgIpc) is 3.36. The Bertz CT molecular complexity index is 1140. The van der Waals surface area contributed by atoms with Crippen molar-refractivity contribution in [3.05, 3.63) is 69.7 Å². The summed E-state index contributed by atoms with van der Waals surface area (Å²) in [6.07, 6.45) is 1.83. The highest BCUT2D eigenvalue weighted by Crippen LogP contribution is 2.41. The fourth-order valence-electron chi connectivity index (χ4n) is 5.45. The SMILES string of the molecule is CC(C)(C)OC(=O)N1[C@@H]([C@H](O)c2ccccc2Cl)CCC1(C)C.CC1(C)CC[C@H]([C@H](O)c2ccccc2Cl)N1.Cl. The highest BCUT2D eigenvalue weighted by Gasteiger charge is 2.47. The summed E-state index contributed by atoms with van der Waals surface area (Å²) in [4.78, 5) is 14.3. The molecule has 2 aromatic rings. The van der Waals surface area contributed by atoms with Crippen LogP contribution in [0.5, 0.6) is 0 Å². The monoisotopic (exact) mass is 614 g/mol. The van der Waals surface area contributed by atoms with Crippen LogP contribution in [0, 0.1) is 0 Å². The van der Waals surface area contributed by atoms with Crippen molar-refractivity contribution in [2.24, 2.45) is 0 Å². The van der Waals surface area contributed by atoms with E-state index in [0.29, 0.717) is 22.0 Å². The Labute approximate surface area is 255 Å². The van der Waals surface area contributed by atoms with Crippen LogP contribution < -0.4 is 5.32 Å².